The van der Waals surface area contributed by atoms with Crippen LogP contribution in [0.5, 0.6) is 0 Å². The Kier molecular flexibility index (Phi) is 21.6. The molecule has 0 aliphatic rings. The van der Waals surface area contributed by atoms with Crippen LogP contribution >= 0.6 is 0 Å². The van der Waals surface area contributed by atoms with Crippen LogP contribution in [-0.4, -0.2) is 17.7 Å². The van der Waals surface area contributed by atoms with Crippen molar-refractivity contribution in [1.82, 2.24) is 0 Å². The lowest BCUT2D eigenvalue weighted by molar-refractivity contribution is -0.160. The van der Waals surface area contributed by atoms with E-state index in [1.807, 2.05) is 0 Å². The van der Waals surface area contributed by atoms with Crippen LogP contribution in [0.3, 0.4) is 0 Å². The number of Topliss-reactive ketones (excluding diaryl/α,β-unsaturated/α-hetero) is 1. The van der Waals surface area contributed by atoms with Crippen molar-refractivity contribution in [3.63, 3.8) is 0 Å². The van der Waals surface area contributed by atoms with Gasteiger partial charge in [0.15, 0.2) is 0 Å². The van der Waals surface area contributed by atoms with Gasteiger partial charge >= 0.3 is 11.9 Å². The minimum absolute atomic E-state index is 0.112. The summed E-state index contributed by atoms with van der Waals surface area (Å²) in [7, 11) is 0. The Bertz CT molecular complexity index is 393. The Morgan fingerprint density at radius 3 is 1.27 bits per heavy atom. The number of ether oxygens (including phenoxy) is 1. The van der Waals surface area contributed by atoms with Crippen LogP contribution in [0.25, 0.3) is 0 Å². The lowest BCUT2D eigenvalue weighted by Gasteiger charge is -2.04. The first kappa shape index (κ1) is 28.8. The lowest BCUT2D eigenvalue weighted by atomic mass is 10.0. The summed E-state index contributed by atoms with van der Waals surface area (Å²) in [5.74, 6) is -1.28. The molecular weight excluding hydrogens is 376 g/mol. The maximum atomic E-state index is 11.9. The smallest absolute Gasteiger partial charge is 0.320 e. The Morgan fingerprint density at radius 1 is 0.467 bits per heavy atom. The van der Waals surface area contributed by atoms with Crippen molar-refractivity contribution in [3.05, 3.63) is 0 Å². The SMILES string of the molecule is CCCCCCCCCCCC(=O)CC(=O)OC(=O)CCCCCCCCCCC. The fraction of sp³-hybridized carbons (Fsp3) is 0.885. The zero-order valence-electron chi connectivity index (χ0n) is 20.0. The van der Waals surface area contributed by atoms with Crippen LogP contribution in [0.1, 0.15) is 149 Å². The van der Waals surface area contributed by atoms with Gasteiger partial charge in [-0.2, -0.15) is 0 Å². The third kappa shape index (κ3) is 21.5. The maximum Gasteiger partial charge on any atom is 0.320 e. The molecule has 0 unspecified atom stereocenters. The van der Waals surface area contributed by atoms with Crippen molar-refractivity contribution >= 4 is 17.7 Å². The van der Waals surface area contributed by atoms with E-state index in [1.165, 1.54) is 77.0 Å². The molecule has 0 spiro atoms. The molecule has 0 radical (unpaired) electrons. The summed E-state index contributed by atoms with van der Waals surface area (Å²) in [6.45, 7) is 4.44. The van der Waals surface area contributed by atoms with Gasteiger partial charge in [-0.25, -0.2) is 0 Å². The number of unbranched alkanes of at least 4 members (excludes halogenated alkanes) is 16. The van der Waals surface area contributed by atoms with Crippen molar-refractivity contribution in [2.45, 2.75) is 149 Å². The molecular formula is C26H48O4. The zero-order valence-corrected chi connectivity index (χ0v) is 20.0. The van der Waals surface area contributed by atoms with Gasteiger partial charge in [-0.3, -0.25) is 14.4 Å². The number of carbonyl (C=O) groups is 3. The predicted molar refractivity (Wildman–Crippen MR) is 124 cm³/mol. The van der Waals surface area contributed by atoms with Gasteiger partial charge in [-0.1, -0.05) is 117 Å². The maximum absolute atomic E-state index is 11.9. The van der Waals surface area contributed by atoms with Gasteiger partial charge in [-0.15, -0.1) is 0 Å². The molecule has 0 heterocycles. The topological polar surface area (TPSA) is 60.4 Å². The number of carbonyl (C=O) groups excluding carboxylic acids is 3. The summed E-state index contributed by atoms with van der Waals surface area (Å²) >= 11 is 0. The number of ketones is 1. The highest BCUT2D eigenvalue weighted by Gasteiger charge is 2.14. The summed E-state index contributed by atoms with van der Waals surface area (Å²) in [5, 5.41) is 0. The Morgan fingerprint density at radius 2 is 0.833 bits per heavy atom. The normalized spacial score (nSPS) is 10.9. The summed E-state index contributed by atoms with van der Waals surface area (Å²) in [5.41, 5.74) is 0. The highest BCUT2D eigenvalue weighted by molar-refractivity contribution is 5.99. The van der Waals surface area contributed by atoms with Gasteiger partial charge in [0.25, 0.3) is 0 Å². The molecule has 0 fully saturated rings. The Labute approximate surface area is 185 Å². The van der Waals surface area contributed by atoms with E-state index in [-0.39, 0.29) is 18.6 Å². The van der Waals surface area contributed by atoms with Gasteiger partial charge < -0.3 is 4.74 Å². The van der Waals surface area contributed by atoms with Crippen molar-refractivity contribution < 1.29 is 19.1 Å². The molecule has 4 nitrogen and oxygen atoms in total. The quantitative estimate of drug-likeness (QED) is 0.101. The minimum atomic E-state index is -0.683. The summed E-state index contributed by atoms with van der Waals surface area (Å²) in [4.78, 5) is 35.3. The Hall–Kier alpha value is -1.19. The molecule has 0 amide bonds. The molecule has 0 aliphatic heterocycles. The lowest BCUT2D eigenvalue weighted by Crippen LogP contribution is -2.15. The first-order valence-corrected chi connectivity index (χ1v) is 12.8. The molecule has 0 saturated heterocycles. The van der Waals surface area contributed by atoms with E-state index in [2.05, 4.69) is 13.8 Å². The zero-order chi connectivity index (χ0) is 22.3. The van der Waals surface area contributed by atoms with Gasteiger partial charge in [-0.05, 0) is 12.8 Å². The molecule has 0 aliphatic carbocycles. The number of rotatable bonds is 22. The van der Waals surface area contributed by atoms with Crippen LogP contribution in [0, 0.1) is 0 Å². The van der Waals surface area contributed by atoms with Crippen molar-refractivity contribution in [3.8, 4) is 0 Å². The summed E-state index contributed by atoms with van der Waals surface area (Å²) < 4.78 is 4.79. The van der Waals surface area contributed by atoms with Crippen LogP contribution in [0.2, 0.25) is 0 Å². The third-order valence-electron chi connectivity index (χ3n) is 5.61. The first-order valence-electron chi connectivity index (χ1n) is 12.8. The molecule has 0 bridgehead atoms. The summed E-state index contributed by atoms with van der Waals surface area (Å²) in [6.07, 6.45) is 21.8. The van der Waals surface area contributed by atoms with E-state index in [1.54, 1.807) is 0 Å². The highest BCUT2D eigenvalue weighted by Crippen LogP contribution is 2.12. The van der Waals surface area contributed by atoms with Crippen LogP contribution in [0.15, 0.2) is 0 Å². The molecule has 0 saturated carbocycles. The summed E-state index contributed by atoms with van der Waals surface area (Å²) in [6, 6.07) is 0. The molecule has 0 aromatic heterocycles. The third-order valence-corrected chi connectivity index (χ3v) is 5.61. The molecule has 0 aromatic rings. The van der Waals surface area contributed by atoms with E-state index in [0.29, 0.717) is 6.42 Å². The van der Waals surface area contributed by atoms with Crippen molar-refractivity contribution in [2.75, 3.05) is 0 Å². The average Bonchev–Trinajstić information content (AvgIpc) is 2.71. The van der Waals surface area contributed by atoms with E-state index in [4.69, 9.17) is 4.74 Å². The van der Waals surface area contributed by atoms with E-state index < -0.39 is 11.9 Å². The van der Waals surface area contributed by atoms with Gasteiger partial charge in [0, 0.05) is 12.8 Å². The number of hydrogen-bond donors (Lipinski definition) is 0. The monoisotopic (exact) mass is 424 g/mol. The molecule has 176 valence electrons. The van der Waals surface area contributed by atoms with E-state index in [0.717, 1.165) is 38.5 Å². The molecule has 0 N–H and O–H groups in total. The predicted octanol–water partition coefficient (Wildman–Crippen LogP) is 7.86. The van der Waals surface area contributed by atoms with Gasteiger partial charge in [0.2, 0.25) is 0 Å². The molecule has 0 aromatic carbocycles. The fourth-order valence-electron chi connectivity index (χ4n) is 3.68. The molecule has 0 rings (SSSR count). The van der Waals surface area contributed by atoms with Gasteiger partial charge in [0.05, 0.1) is 0 Å². The van der Waals surface area contributed by atoms with Crippen LogP contribution in [0.4, 0.5) is 0 Å². The Balaban J connectivity index is 3.50. The van der Waals surface area contributed by atoms with Crippen molar-refractivity contribution in [2.24, 2.45) is 0 Å². The van der Waals surface area contributed by atoms with Crippen molar-refractivity contribution in [1.29, 1.82) is 0 Å². The molecule has 0 atom stereocenters. The van der Waals surface area contributed by atoms with E-state index in [9.17, 15) is 14.4 Å². The molecule has 30 heavy (non-hydrogen) atoms. The number of hydrogen-bond acceptors (Lipinski definition) is 4. The van der Waals surface area contributed by atoms with E-state index >= 15 is 0 Å². The standard InChI is InChI=1S/C26H48O4/c1-3-5-7-9-11-13-15-17-19-21-24(27)23-26(29)30-25(28)22-20-18-16-14-12-10-8-6-4-2/h3-23H2,1-2H3. The van der Waals surface area contributed by atoms with Gasteiger partial charge in [0.1, 0.15) is 12.2 Å². The largest absolute Gasteiger partial charge is 0.393 e. The number of esters is 2. The minimum Gasteiger partial charge on any atom is -0.393 e. The van der Waals surface area contributed by atoms with Crippen LogP contribution < -0.4 is 0 Å². The van der Waals surface area contributed by atoms with Crippen LogP contribution in [-0.2, 0) is 19.1 Å². The second kappa shape index (κ2) is 22.5. The molecule has 4 heteroatoms. The highest BCUT2D eigenvalue weighted by atomic mass is 16.6. The fourth-order valence-corrected chi connectivity index (χ4v) is 3.68. The first-order chi connectivity index (χ1) is 14.6. The second-order valence-electron chi connectivity index (χ2n) is 8.72. The average molecular weight is 425 g/mol. The second-order valence-corrected chi connectivity index (χ2v) is 8.72.